The molecule has 0 aliphatic heterocycles. The van der Waals surface area contributed by atoms with Crippen LogP contribution < -0.4 is 21.1 Å². The van der Waals surface area contributed by atoms with Gasteiger partial charge in [-0.15, -0.1) is 6.42 Å². The Bertz CT molecular complexity index is 1800. The average molecular weight is 648 g/mol. The zero-order valence-electron chi connectivity index (χ0n) is 25.1. The molecule has 1 heterocycles. The minimum absolute atomic E-state index is 0.139. The molecule has 1 aliphatic rings. The molecule has 3 atom stereocenters. The van der Waals surface area contributed by atoms with E-state index >= 15 is 0 Å². The number of nitrogens with zero attached hydrogens (tertiary/aromatic N) is 2. The summed E-state index contributed by atoms with van der Waals surface area (Å²) in [6.07, 6.45) is 5.48. The second kappa shape index (κ2) is 15.0. The second-order valence-corrected chi connectivity index (χ2v) is 11.0. The molecule has 2 amide bonds. The van der Waals surface area contributed by atoms with Crippen LogP contribution in [-0.4, -0.2) is 78.7 Å². The first kappa shape index (κ1) is 34.1. The molecule has 0 unspecified atom stereocenters. The number of carbonyl (C=O) groups excluding carboxylic acids is 2. The number of carboxylic acids is 3. The normalized spacial score (nSPS) is 14.8. The topological polar surface area (TPSA) is 239 Å². The highest BCUT2D eigenvalue weighted by molar-refractivity contribution is 5.97. The molecule has 15 heteroatoms. The first-order valence-corrected chi connectivity index (χ1v) is 14.7. The maximum atomic E-state index is 12.9. The van der Waals surface area contributed by atoms with Gasteiger partial charge in [-0.1, -0.05) is 5.92 Å². The molecule has 3 aromatic rings. The molecule has 0 saturated heterocycles. The predicted octanol–water partition coefficient (Wildman–Crippen LogP) is 0.940. The van der Waals surface area contributed by atoms with Gasteiger partial charge in [0.1, 0.15) is 24.5 Å². The van der Waals surface area contributed by atoms with Gasteiger partial charge in [-0.3, -0.25) is 19.2 Å². The molecule has 2 aromatic carbocycles. The number of H-pyrrole nitrogens is 1. The van der Waals surface area contributed by atoms with Gasteiger partial charge in [0.2, 0.25) is 5.91 Å². The number of hydrogen-bond donors (Lipinski definition) is 7. The van der Waals surface area contributed by atoms with E-state index in [0.717, 1.165) is 11.1 Å². The molecule has 0 saturated carbocycles. The van der Waals surface area contributed by atoms with Crippen LogP contribution in [0, 0.1) is 12.3 Å². The first-order valence-electron chi connectivity index (χ1n) is 14.7. The van der Waals surface area contributed by atoms with E-state index in [4.69, 9.17) is 11.5 Å². The van der Waals surface area contributed by atoms with Crippen molar-refractivity contribution < 1.29 is 44.4 Å². The highest BCUT2D eigenvalue weighted by Crippen LogP contribution is 2.39. The highest BCUT2D eigenvalue weighted by Gasteiger charge is 2.30. The third-order valence-electron chi connectivity index (χ3n) is 7.85. The molecule has 0 bridgehead atoms. The van der Waals surface area contributed by atoms with Crippen molar-refractivity contribution in [1.29, 1.82) is 0 Å². The quantitative estimate of drug-likeness (QED) is 0.114. The van der Waals surface area contributed by atoms with E-state index in [1.807, 2.05) is 11.0 Å². The SMILES string of the molecule is C#CCN(c1ccc(C(=O)N[C@H](CCC(=O)N[C@H](CCC(=O)O)C(=O)O)C(=O)O)cc1)[C@H]1CCc2cc3nc(CO)[nH]c(=O)c3cc21. The van der Waals surface area contributed by atoms with Gasteiger partial charge in [0.05, 0.1) is 23.5 Å². The van der Waals surface area contributed by atoms with Gasteiger partial charge in [-0.05, 0) is 73.2 Å². The lowest BCUT2D eigenvalue weighted by Gasteiger charge is -2.30. The zero-order chi connectivity index (χ0) is 34.2. The third-order valence-corrected chi connectivity index (χ3v) is 7.85. The minimum atomic E-state index is -1.47. The van der Waals surface area contributed by atoms with Crippen molar-refractivity contribution in [2.45, 2.75) is 63.3 Å². The summed E-state index contributed by atoms with van der Waals surface area (Å²) >= 11 is 0. The number of terminal acetylenes is 1. The van der Waals surface area contributed by atoms with E-state index in [-0.39, 0.29) is 42.4 Å². The van der Waals surface area contributed by atoms with E-state index in [1.165, 1.54) is 12.1 Å². The van der Waals surface area contributed by atoms with E-state index in [9.17, 15) is 44.1 Å². The first-order chi connectivity index (χ1) is 22.4. The summed E-state index contributed by atoms with van der Waals surface area (Å²) in [5.74, 6) is -2.77. The van der Waals surface area contributed by atoms with E-state index in [2.05, 4.69) is 26.5 Å². The molecule has 4 rings (SSSR count). The van der Waals surface area contributed by atoms with Crippen molar-refractivity contribution in [2.75, 3.05) is 11.4 Å². The van der Waals surface area contributed by atoms with Crippen LogP contribution in [0.25, 0.3) is 10.9 Å². The summed E-state index contributed by atoms with van der Waals surface area (Å²) in [5, 5.41) is 41.9. The predicted molar refractivity (Wildman–Crippen MR) is 167 cm³/mol. The number of aliphatic hydroxyl groups excluding tert-OH is 1. The number of aliphatic hydroxyl groups is 1. The van der Waals surface area contributed by atoms with Crippen LogP contribution in [0.3, 0.4) is 0 Å². The fraction of sp³-hybridized carbons (Fsp3) is 0.344. The molecular weight excluding hydrogens is 614 g/mol. The number of aryl methyl sites for hydroxylation is 1. The molecule has 15 nitrogen and oxygen atoms in total. The van der Waals surface area contributed by atoms with Crippen LogP contribution >= 0.6 is 0 Å². The minimum Gasteiger partial charge on any atom is -0.481 e. The van der Waals surface area contributed by atoms with Crippen molar-refractivity contribution in [2.24, 2.45) is 0 Å². The van der Waals surface area contributed by atoms with Crippen LogP contribution in [0.5, 0.6) is 0 Å². The molecule has 0 fully saturated rings. The number of fused-ring (bicyclic) bond motifs is 2. The number of aromatic nitrogens is 2. The summed E-state index contributed by atoms with van der Waals surface area (Å²) in [4.78, 5) is 80.6. The fourth-order valence-corrected chi connectivity index (χ4v) is 5.52. The van der Waals surface area contributed by atoms with Gasteiger partial charge < -0.3 is 40.9 Å². The largest absolute Gasteiger partial charge is 0.481 e. The molecule has 1 aliphatic carbocycles. The van der Waals surface area contributed by atoms with E-state index < -0.39 is 61.3 Å². The van der Waals surface area contributed by atoms with Crippen molar-refractivity contribution in [3.8, 4) is 12.3 Å². The zero-order valence-corrected chi connectivity index (χ0v) is 25.1. The number of aromatic amines is 1. The number of hydrogen-bond acceptors (Lipinski definition) is 9. The smallest absolute Gasteiger partial charge is 0.326 e. The Morgan fingerprint density at radius 3 is 2.28 bits per heavy atom. The Hall–Kier alpha value is -5.75. The van der Waals surface area contributed by atoms with Crippen molar-refractivity contribution in [3.05, 3.63) is 69.3 Å². The standard InChI is InChI=1S/C32H33N5O10/c1-2-13-37(25-10-5-18-14-24-21(15-20(18)25)30(43)36-26(16-38)33-24)19-6-3-17(4-7-19)29(42)35-23(32(46)47)8-11-27(39)34-22(31(44)45)9-12-28(40)41/h1,3-4,6-7,14-15,22-23,25,38H,5,8-13,16H2,(H,34,39)(H,35,42)(H,40,41)(H,44,45)(H,46,47)(H,33,36,43)/t22-,23-,25+/m1/s1. The Labute approximate surface area is 267 Å². The van der Waals surface area contributed by atoms with Crippen LogP contribution in [0.2, 0.25) is 0 Å². The van der Waals surface area contributed by atoms with Gasteiger partial charge in [-0.2, -0.15) is 0 Å². The van der Waals surface area contributed by atoms with Crippen LogP contribution in [-0.2, 0) is 32.2 Å². The number of nitrogens with one attached hydrogen (secondary N) is 3. The van der Waals surface area contributed by atoms with Gasteiger partial charge in [-0.25, -0.2) is 14.6 Å². The second-order valence-electron chi connectivity index (χ2n) is 11.0. The van der Waals surface area contributed by atoms with Crippen molar-refractivity contribution in [3.63, 3.8) is 0 Å². The molecule has 0 radical (unpaired) electrons. The highest BCUT2D eigenvalue weighted by atomic mass is 16.4. The Balaban J connectivity index is 1.44. The molecule has 47 heavy (non-hydrogen) atoms. The Morgan fingerprint density at radius 2 is 1.66 bits per heavy atom. The lowest BCUT2D eigenvalue weighted by Crippen LogP contribution is -2.44. The Morgan fingerprint density at radius 1 is 1.00 bits per heavy atom. The van der Waals surface area contributed by atoms with Gasteiger partial charge in [0.15, 0.2) is 0 Å². The molecule has 7 N–H and O–H groups in total. The fourth-order valence-electron chi connectivity index (χ4n) is 5.52. The van der Waals surface area contributed by atoms with Crippen LogP contribution in [0.15, 0.2) is 41.2 Å². The number of amides is 2. The average Bonchev–Trinajstić information content (AvgIpc) is 3.44. The molecule has 1 aromatic heterocycles. The maximum absolute atomic E-state index is 12.9. The number of rotatable bonds is 15. The maximum Gasteiger partial charge on any atom is 0.326 e. The number of benzene rings is 2. The lowest BCUT2D eigenvalue weighted by atomic mass is 10.0. The monoisotopic (exact) mass is 647 g/mol. The summed E-state index contributed by atoms with van der Waals surface area (Å²) in [6, 6.07) is 6.85. The van der Waals surface area contributed by atoms with Crippen LogP contribution in [0.1, 0.15) is 65.5 Å². The van der Waals surface area contributed by atoms with Crippen molar-refractivity contribution in [1.82, 2.24) is 20.6 Å². The lowest BCUT2D eigenvalue weighted by molar-refractivity contribution is -0.143. The van der Waals surface area contributed by atoms with Crippen molar-refractivity contribution >= 4 is 46.3 Å². The van der Waals surface area contributed by atoms with Gasteiger partial charge >= 0.3 is 17.9 Å². The van der Waals surface area contributed by atoms with E-state index in [1.54, 1.807) is 18.2 Å². The van der Waals surface area contributed by atoms with E-state index in [0.29, 0.717) is 29.4 Å². The summed E-state index contributed by atoms with van der Waals surface area (Å²) in [5.41, 5.74) is 2.84. The molecular formula is C32H33N5O10. The molecule has 0 spiro atoms. The summed E-state index contributed by atoms with van der Waals surface area (Å²) < 4.78 is 0. The number of carboxylic acid groups (broad SMARTS) is 3. The number of anilines is 1. The van der Waals surface area contributed by atoms with Gasteiger partial charge in [0, 0.05) is 24.1 Å². The molecule has 246 valence electrons. The van der Waals surface area contributed by atoms with Gasteiger partial charge in [0.25, 0.3) is 11.5 Å². The summed E-state index contributed by atoms with van der Waals surface area (Å²) in [6.45, 7) is -0.177. The third kappa shape index (κ3) is 8.30. The number of carbonyl (C=O) groups is 5. The summed E-state index contributed by atoms with van der Waals surface area (Å²) in [7, 11) is 0. The Kier molecular flexibility index (Phi) is 10.9. The number of aliphatic carboxylic acids is 3. The van der Waals surface area contributed by atoms with Crippen LogP contribution in [0.4, 0.5) is 5.69 Å².